The van der Waals surface area contributed by atoms with Crippen molar-refractivity contribution in [3.63, 3.8) is 0 Å². The fourth-order valence-corrected chi connectivity index (χ4v) is 2.93. The summed E-state index contributed by atoms with van der Waals surface area (Å²) in [6.45, 7) is 4.63. The van der Waals surface area contributed by atoms with E-state index < -0.39 is 0 Å². The van der Waals surface area contributed by atoms with Gasteiger partial charge in [0.2, 0.25) is 0 Å². The Labute approximate surface area is 110 Å². The first kappa shape index (κ1) is 11.5. The number of benzene rings is 2. The molecule has 0 nitrogen and oxygen atoms in total. The maximum Gasteiger partial charge on any atom is -0.00107 e. The van der Waals surface area contributed by atoms with Crippen LogP contribution in [0.1, 0.15) is 37.0 Å². The first-order valence-corrected chi connectivity index (χ1v) is 6.98. The Morgan fingerprint density at radius 3 is 2.61 bits per heavy atom. The highest BCUT2D eigenvalue weighted by molar-refractivity contribution is 5.77. The molecule has 0 saturated heterocycles. The minimum absolute atomic E-state index is 0.778. The highest BCUT2D eigenvalue weighted by Gasteiger charge is 2.20. The van der Waals surface area contributed by atoms with Crippen LogP contribution >= 0.6 is 0 Å². The molecule has 1 aliphatic carbocycles. The molecule has 0 aliphatic heterocycles. The van der Waals surface area contributed by atoms with Crippen LogP contribution in [0.25, 0.3) is 11.1 Å². The second kappa shape index (κ2) is 4.61. The second-order valence-electron chi connectivity index (χ2n) is 5.49. The molecule has 0 bridgehead atoms. The van der Waals surface area contributed by atoms with Gasteiger partial charge in [0.25, 0.3) is 0 Å². The Kier molecular flexibility index (Phi) is 2.95. The number of fused-ring (bicyclic) bond motifs is 3. The van der Waals surface area contributed by atoms with Gasteiger partial charge in [-0.25, -0.2) is 0 Å². The van der Waals surface area contributed by atoms with Crippen LogP contribution in [0.15, 0.2) is 42.5 Å². The van der Waals surface area contributed by atoms with Crippen LogP contribution in [0, 0.1) is 5.92 Å². The van der Waals surface area contributed by atoms with E-state index in [9.17, 15) is 0 Å². The first-order chi connectivity index (χ1) is 8.79. The molecule has 0 heteroatoms. The summed E-state index contributed by atoms with van der Waals surface area (Å²) in [6.07, 6.45) is 3.60. The van der Waals surface area contributed by atoms with Crippen LogP contribution < -0.4 is 0 Å². The third kappa shape index (κ3) is 1.86. The number of rotatable bonds is 3. The Balaban J connectivity index is 2.03. The molecule has 18 heavy (non-hydrogen) atoms. The molecule has 2 aromatic carbocycles. The average Bonchev–Trinajstić information content (AvgIpc) is 2.78. The van der Waals surface area contributed by atoms with Gasteiger partial charge in [0.05, 0.1) is 0 Å². The monoisotopic (exact) mass is 236 g/mol. The molecule has 0 heterocycles. The highest BCUT2D eigenvalue weighted by Crippen LogP contribution is 2.38. The zero-order valence-corrected chi connectivity index (χ0v) is 11.2. The van der Waals surface area contributed by atoms with Crippen molar-refractivity contribution in [2.24, 2.45) is 5.92 Å². The number of hydrogen-bond acceptors (Lipinski definition) is 0. The second-order valence-corrected chi connectivity index (χ2v) is 5.49. The lowest BCUT2D eigenvalue weighted by molar-refractivity contribution is 0.558. The lowest BCUT2D eigenvalue weighted by Crippen LogP contribution is -2.01. The molecule has 0 spiro atoms. The smallest absolute Gasteiger partial charge is 0.00107 e. The predicted octanol–water partition coefficient (Wildman–Crippen LogP) is 4.85. The van der Waals surface area contributed by atoms with Gasteiger partial charge in [-0.15, -0.1) is 0 Å². The van der Waals surface area contributed by atoms with Gasteiger partial charge >= 0.3 is 0 Å². The van der Waals surface area contributed by atoms with Crippen molar-refractivity contribution in [3.8, 4) is 11.1 Å². The van der Waals surface area contributed by atoms with Gasteiger partial charge in [-0.05, 0) is 46.6 Å². The SMILES string of the molecule is CCC(C)Cc1cccc2c1Cc1ccccc1-2. The van der Waals surface area contributed by atoms with Gasteiger partial charge in [-0.3, -0.25) is 0 Å². The zero-order valence-electron chi connectivity index (χ0n) is 11.2. The summed E-state index contributed by atoms with van der Waals surface area (Å²) < 4.78 is 0. The fourth-order valence-electron chi connectivity index (χ4n) is 2.93. The van der Waals surface area contributed by atoms with Crippen LogP contribution in [-0.2, 0) is 12.8 Å². The van der Waals surface area contributed by atoms with Crippen LogP contribution in [0.5, 0.6) is 0 Å². The average molecular weight is 236 g/mol. The van der Waals surface area contributed by atoms with Crippen molar-refractivity contribution in [3.05, 3.63) is 59.2 Å². The van der Waals surface area contributed by atoms with Crippen molar-refractivity contribution in [2.45, 2.75) is 33.1 Å². The quantitative estimate of drug-likeness (QED) is 0.610. The van der Waals surface area contributed by atoms with E-state index in [0.29, 0.717) is 0 Å². The number of hydrogen-bond donors (Lipinski definition) is 0. The normalized spacial score (nSPS) is 14.1. The van der Waals surface area contributed by atoms with Gasteiger partial charge in [0, 0.05) is 0 Å². The molecule has 0 N–H and O–H groups in total. The van der Waals surface area contributed by atoms with Gasteiger partial charge in [0.1, 0.15) is 0 Å². The minimum Gasteiger partial charge on any atom is -0.0651 e. The first-order valence-electron chi connectivity index (χ1n) is 6.98. The van der Waals surface area contributed by atoms with E-state index in [1.807, 2.05) is 0 Å². The summed E-state index contributed by atoms with van der Waals surface area (Å²) in [6, 6.07) is 15.6. The molecule has 1 aliphatic rings. The summed E-state index contributed by atoms with van der Waals surface area (Å²) in [7, 11) is 0. The van der Waals surface area contributed by atoms with Gasteiger partial charge in [-0.1, -0.05) is 62.7 Å². The third-order valence-electron chi connectivity index (χ3n) is 4.21. The lowest BCUT2D eigenvalue weighted by Gasteiger charge is -2.12. The van der Waals surface area contributed by atoms with Gasteiger partial charge in [0.15, 0.2) is 0 Å². The van der Waals surface area contributed by atoms with E-state index in [1.54, 1.807) is 11.1 Å². The summed E-state index contributed by atoms with van der Waals surface area (Å²) >= 11 is 0. The third-order valence-corrected chi connectivity index (χ3v) is 4.21. The zero-order chi connectivity index (χ0) is 12.5. The van der Waals surface area contributed by atoms with Crippen molar-refractivity contribution in [2.75, 3.05) is 0 Å². The maximum absolute atomic E-state index is 2.35. The van der Waals surface area contributed by atoms with Crippen LogP contribution in [0.4, 0.5) is 0 Å². The lowest BCUT2D eigenvalue weighted by atomic mass is 9.93. The molecule has 0 aromatic heterocycles. The Hall–Kier alpha value is -1.56. The molecule has 92 valence electrons. The fraction of sp³-hybridized carbons (Fsp3) is 0.333. The molecule has 1 atom stereocenters. The van der Waals surface area contributed by atoms with Crippen molar-refractivity contribution in [1.82, 2.24) is 0 Å². The van der Waals surface area contributed by atoms with Gasteiger partial charge in [-0.2, -0.15) is 0 Å². The van der Waals surface area contributed by atoms with E-state index in [2.05, 4.69) is 56.3 Å². The minimum atomic E-state index is 0.778. The van der Waals surface area contributed by atoms with Crippen LogP contribution in [-0.4, -0.2) is 0 Å². The molecule has 0 fully saturated rings. The molecular formula is C18H20. The van der Waals surface area contributed by atoms with E-state index in [4.69, 9.17) is 0 Å². The molecule has 0 amide bonds. The van der Waals surface area contributed by atoms with Crippen LogP contribution in [0.2, 0.25) is 0 Å². The summed E-state index contributed by atoms with van der Waals surface area (Å²) in [5, 5.41) is 0. The summed E-state index contributed by atoms with van der Waals surface area (Å²) in [5.74, 6) is 0.778. The molecule has 1 unspecified atom stereocenters. The highest BCUT2D eigenvalue weighted by atomic mass is 14.2. The van der Waals surface area contributed by atoms with Crippen LogP contribution in [0.3, 0.4) is 0 Å². The van der Waals surface area contributed by atoms with Crippen molar-refractivity contribution in [1.29, 1.82) is 0 Å². The summed E-state index contributed by atoms with van der Waals surface area (Å²) in [5.41, 5.74) is 7.52. The molecule has 2 aromatic rings. The Morgan fingerprint density at radius 1 is 1.00 bits per heavy atom. The van der Waals surface area contributed by atoms with E-state index in [-0.39, 0.29) is 0 Å². The molecule has 0 saturated carbocycles. The van der Waals surface area contributed by atoms with E-state index in [0.717, 1.165) is 12.3 Å². The molecular weight excluding hydrogens is 216 g/mol. The molecule has 0 radical (unpaired) electrons. The Morgan fingerprint density at radius 2 is 1.78 bits per heavy atom. The summed E-state index contributed by atoms with van der Waals surface area (Å²) in [4.78, 5) is 0. The van der Waals surface area contributed by atoms with E-state index >= 15 is 0 Å². The Bertz CT molecular complexity index is 566. The van der Waals surface area contributed by atoms with Gasteiger partial charge < -0.3 is 0 Å². The standard InChI is InChI=1S/C18H20/c1-3-13(2)11-14-8-6-10-17-16-9-5-4-7-15(16)12-18(14)17/h4-10,13H,3,11-12H2,1-2H3. The largest absolute Gasteiger partial charge is 0.0651 e. The van der Waals surface area contributed by atoms with Crippen molar-refractivity contribution < 1.29 is 0 Å². The predicted molar refractivity (Wildman–Crippen MR) is 77.8 cm³/mol. The van der Waals surface area contributed by atoms with Crippen molar-refractivity contribution >= 4 is 0 Å². The molecule has 3 rings (SSSR count). The topological polar surface area (TPSA) is 0 Å². The van der Waals surface area contributed by atoms with E-state index in [1.165, 1.54) is 29.5 Å². The maximum atomic E-state index is 2.35.